The molecule has 1 saturated heterocycles. The third kappa shape index (κ3) is 3.34. The lowest BCUT2D eigenvalue weighted by molar-refractivity contribution is 0.00578. The van der Waals surface area contributed by atoms with Crippen LogP contribution in [0.25, 0.3) is 0 Å². The van der Waals surface area contributed by atoms with Crippen LogP contribution >= 0.6 is 0 Å². The van der Waals surface area contributed by atoms with E-state index in [9.17, 15) is 0 Å². The average Bonchev–Trinajstić information content (AvgIpc) is 3.03. The van der Waals surface area contributed by atoms with Gasteiger partial charge in [0.15, 0.2) is 11.6 Å². The predicted octanol–water partition coefficient (Wildman–Crippen LogP) is 1.23. The van der Waals surface area contributed by atoms with Gasteiger partial charge in [-0.15, -0.1) is 5.10 Å². The number of hydrogen-bond acceptors (Lipinski definition) is 7. The highest BCUT2D eigenvalue weighted by Crippen LogP contribution is 2.36. The number of ether oxygens (including phenoxy) is 1. The molecule has 0 saturated carbocycles. The Kier molecular flexibility index (Phi) is 4.24. The molecule has 0 unspecified atom stereocenters. The molecule has 9 heteroatoms. The first-order valence-electron chi connectivity index (χ1n) is 8.23. The maximum atomic E-state index is 6.05. The molecule has 8 nitrogen and oxygen atoms in total. The topological polar surface area (TPSA) is 97.3 Å². The highest BCUT2D eigenvalue weighted by molar-refractivity contribution is 6.62. The molecule has 25 heavy (non-hydrogen) atoms. The fraction of sp³-hybridized carbons (Fsp3) is 0.562. The molecule has 0 radical (unpaired) electrons. The van der Waals surface area contributed by atoms with Gasteiger partial charge in [0, 0.05) is 18.7 Å². The molecule has 2 aromatic rings. The van der Waals surface area contributed by atoms with E-state index in [1.807, 2.05) is 34.6 Å². The summed E-state index contributed by atoms with van der Waals surface area (Å²) in [7, 11) is 1.28. The molecule has 134 valence electrons. The lowest BCUT2D eigenvalue weighted by atomic mass is 9.80. The van der Waals surface area contributed by atoms with Crippen LogP contribution in [0.2, 0.25) is 0 Å². The molecule has 1 aliphatic rings. The number of aryl methyl sites for hydroxylation is 1. The third-order valence-corrected chi connectivity index (χ3v) is 4.77. The van der Waals surface area contributed by atoms with Gasteiger partial charge in [0.1, 0.15) is 11.8 Å². The number of rotatable bonds is 4. The Bertz CT molecular complexity index is 761. The van der Waals surface area contributed by atoms with Crippen LogP contribution in [0.4, 0.5) is 5.82 Å². The molecule has 1 fully saturated rings. The fourth-order valence-corrected chi connectivity index (χ4v) is 2.48. The summed E-state index contributed by atoms with van der Waals surface area (Å²) in [5.41, 5.74) is 6.59. The molecular weight excluding hydrogens is 321 g/mol. The van der Waals surface area contributed by atoms with Gasteiger partial charge in [-0.05, 0) is 40.7 Å². The molecule has 0 aliphatic carbocycles. The van der Waals surface area contributed by atoms with Gasteiger partial charge in [-0.1, -0.05) is 5.21 Å². The van der Waals surface area contributed by atoms with Crippen molar-refractivity contribution in [2.45, 2.75) is 51.9 Å². The minimum absolute atomic E-state index is 0.302. The Hall–Kier alpha value is -2.13. The molecule has 3 rings (SSSR count). The van der Waals surface area contributed by atoms with Crippen molar-refractivity contribution >= 4 is 18.4 Å². The molecule has 2 N–H and O–H groups in total. The van der Waals surface area contributed by atoms with Crippen LogP contribution in [0.1, 0.15) is 46.4 Å². The normalized spacial score (nSPS) is 19.8. The van der Waals surface area contributed by atoms with Gasteiger partial charge in [0.2, 0.25) is 0 Å². The van der Waals surface area contributed by atoms with Crippen molar-refractivity contribution in [3.63, 3.8) is 0 Å². The highest BCUT2D eigenvalue weighted by atomic mass is 16.7. The van der Waals surface area contributed by atoms with Crippen molar-refractivity contribution < 1.29 is 14.0 Å². The largest absolute Gasteiger partial charge is 0.496 e. The first-order chi connectivity index (χ1) is 11.6. The Morgan fingerprint density at radius 2 is 1.88 bits per heavy atom. The van der Waals surface area contributed by atoms with E-state index in [4.69, 9.17) is 19.8 Å². The summed E-state index contributed by atoms with van der Waals surface area (Å²) in [6.45, 7) is 9.90. The number of nitrogens with zero attached hydrogens (tertiary/aromatic N) is 4. The summed E-state index contributed by atoms with van der Waals surface area (Å²) in [6.07, 6.45) is 3.13. The molecule has 2 aromatic heterocycles. The molecule has 0 bridgehead atoms. The van der Waals surface area contributed by atoms with Crippen molar-refractivity contribution in [3.8, 4) is 5.75 Å². The van der Waals surface area contributed by atoms with Gasteiger partial charge < -0.3 is 19.8 Å². The Morgan fingerprint density at radius 1 is 1.24 bits per heavy atom. The minimum Gasteiger partial charge on any atom is -0.480 e. The first-order valence-corrected chi connectivity index (χ1v) is 8.23. The van der Waals surface area contributed by atoms with Crippen LogP contribution in [0.3, 0.4) is 0 Å². The standard InChI is InChI=1S/C16H24BN5O3/c1-10(12-9-22(6)21-20-12)23-13-7-11(8-19-14(13)18)17-24-15(2,3)16(4,5)25-17/h7-10H,1-6H3,(H2,18,19)/t10-/m1/s1. The predicted molar refractivity (Wildman–Crippen MR) is 94.4 cm³/mol. The van der Waals surface area contributed by atoms with Crippen LogP contribution in [-0.2, 0) is 16.4 Å². The Balaban J connectivity index is 1.82. The summed E-state index contributed by atoms with van der Waals surface area (Å²) in [4.78, 5) is 4.22. The van der Waals surface area contributed by atoms with Crippen molar-refractivity contribution in [2.75, 3.05) is 5.73 Å². The summed E-state index contributed by atoms with van der Waals surface area (Å²) >= 11 is 0. The maximum absolute atomic E-state index is 6.05. The van der Waals surface area contributed by atoms with E-state index in [0.29, 0.717) is 17.3 Å². The maximum Gasteiger partial charge on any atom is 0.496 e. The summed E-state index contributed by atoms with van der Waals surface area (Å²) in [6, 6.07) is 1.80. The second kappa shape index (κ2) is 6.00. The van der Waals surface area contributed by atoms with Crippen LogP contribution in [0, 0.1) is 0 Å². The first kappa shape index (κ1) is 17.7. The average molecular weight is 345 g/mol. The van der Waals surface area contributed by atoms with Gasteiger partial charge >= 0.3 is 7.12 Å². The lowest BCUT2D eigenvalue weighted by Crippen LogP contribution is -2.41. The quantitative estimate of drug-likeness (QED) is 0.833. The summed E-state index contributed by atoms with van der Waals surface area (Å²) in [5, 5.41) is 7.97. The number of hydrogen-bond donors (Lipinski definition) is 1. The fourth-order valence-electron chi connectivity index (χ4n) is 2.48. The van der Waals surface area contributed by atoms with Crippen LogP contribution < -0.4 is 15.9 Å². The van der Waals surface area contributed by atoms with Gasteiger partial charge in [0.25, 0.3) is 0 Å². The van der Waals surface area contributed by atoms with Gasteiger partial charge in [-0.3, -0.25) is 4.68 Å². The van der Waals surface area contributed by atoms with Crippen LogP contribution in [0.5, 0.6) is 5.75 Å². The Morgan fingerprint density at radius 3 is 2.44 bits per heavy atom. The van der Waals surface area contributed by atoms with E-state index in [1.165, 1.54) is 0 Å². The molecule has 1 aliphatic heterocycles. The summed E-state index contributed by atoms with van der Waals surface area (Å²) in [5.74, 6) is 0.765. The lowest BCUT2D eigenvalue weighted by Gasteiger charge is -2.32. The molecule has 0 amide bonds. The van der Waals surface area contributed by atoms with Crippen molar-refractivity contribution in [1.29, 1.82) is 0 Å². The molecule has 1 atom stereocenters. The molecular formula is C16H24BN5O3. The Labute approximate surface area is 147 Å². The van der Waals surface area contributed by atoms with E-state index >= 15 is 0 Å². The zero-order chi connectivity index (χ0) is 18.4. The van der Waals surface area contributed by atoms with Crippen molar-refractivity contribution in [1.82, 2.24) is 20.0 Å². The summed E-state index contributed by atoms with van der Waals surface area (Å²) < 4.78 is 19.7. The second-order valence-corrected chi connectivity index (χ2v) is 7.32. The number of nitrogen functional groups attached to an aromatic ring is 1. The van der Waals surface area contributed by atoms with Crippen molar-refractivity contribution in [2.24, 2.45) is 7.05 Å². The van der Waals surface area contributed by atoms with Crippen LogP contribution in [-0.4, -0.2) is 38.3 Å². The smallest absolute Gasteiger partial charge is 0.480 e. The van der Waals surface area contributed by atoms with E-state index in [1.54, 1.807) is 30.2 Å². The van der Waals surface area contributed by atoms with Gasteiger partial charge in [0.05, 0.1) is 17.4 Å². The highest BCUT2D eigenvalue weighted by Gasteiger charge is 2.52. The number of pyridine rings is 1. The number of aromatic nitrogens is 4. The van der Waals surface area contributed by atoms with Gasteiger partial charge in [-0.25, -0.2) is 4.98 Å². The van der Waals surface area contributed by atoms with Crippen molar-refractivity contribution in [3.05, 3.63) is 24.2 Å². The molecule has 3 heterocycles. The number of nitrogens with two attached hydrogens (primary N) is 1. The zero-order valence-corrected chi connectivity index (χ0v) is 15.5. The minimum atomic E-state index is -0.521. The monoisotopic (exact) mass is 345 g/mol. The SMILES string of the molecule is C[C@@H](Oc1cc(B2OC(C)(C)C(C)(C)O2)cnc1N)c1cn(C)nn1. The second-order valence-electron chi connectivity index (χ2n) is 7.32. The zero-order valence-electron chi connectivity index (χ0n) is 15.5. The van der Waals surface area contributed by atoms with Gasteiger partial charge in [-0.2, -0.15) is 0 Å². The molecule has 0 aromatic carbocycles. The van der Waals surface area contributed by atoms with Crippen LogP contribution in [0.15, 0.2) is 18.5 Å². The van der Waals surface area contributed by atoms with E-state index in [0.717, 1.165) is 5.46 Å². The van der Waals surface area contributed by atoms with E-state index in [-0.39, 0.29) is 6.10 Å². The van der Waals surface area contributed by atoms with E-state index in [2.05, 4.69) is 15.3 Å². The third-order valence-electron chi connectivity index (χ3n) is 4.77. The number of anilines is 1. The van der Waals surface area contributed by atoms with E-state index < -0.39 is 18.3 Å². The molecule has 0 spiro atoms.